The molecule has 36 heavy (non-hydrogen) atoms. The molecule has 0 spiro atoms. The molecule has 3 aromatic rings. The van der Waals surface area contributed by atoms with Gasteiger partial charge in [-0.05, 0) is 45.7 Å². The largest absolute Gasteiger partial charge is 0.488 e. The molecule has 4 heterocycles. The van der Waals surface area contributed by atoms with E-state index in [1.807, 2.05) is 22.8 Å². The second-order valence-corrected chi connectivity index (χ2v) is 10.6. The van der Waals surface area contributed by atoms with Crippen LogP contribution in [0, 0.1) is 11.6 Å². The van der Waals surface area contributed by atoms with E-state index in [0.29, 0.717) is 38.2 Å². The summed E-state index contributed by atoms with van der Waals surface area (Å²) in [5.74, 6) is -1.36. The highest BCUT2D eigenvalue weighted by molar-refractivity contribution is 5.81. The minimum absolute atomic E-state index is 0.00892. The van der Waals surface area contributed by atoms with Crippen molar-refractivity contribution in [3.63, 3.8) is 0 Å². The number of aromatic nitrogens is 2. The fourth-order valence-corrected chi connectivity index (χ4v) is 5.50. The average molecular weight is 505 g/mol. The number of rotatable bonds is 8. The molecule has 0 aliphatic carbocycles. The number of H-pyrrole nitrogens is 1. The van der Waals surface area contributed by atoms with E-state index in [9.17, 15) is 8.78 Å². The molecule has 0 radical (unpaired) electrons. The lowest BCUT2D eigenvalue weighted by atomic mass is 9.88. The number of alkyl halides is 2. The normalized spacial score (nSPS) is 21.5. The van der Waals surface area contributed by atoms with Crippen LogP contribution >= 0.6 is 0 Å². The second-order valence-electron chi connectivity index (χ2n) is 10.6. The van der Waals surface area contributed by atoms with Gasteiger partial charge < -0.3 is 9.72 Å². The Bertz CT molecular complexity index is 1210. The molecular formula is C27H32F4N4O. The Morgan fingerprint density at radius 2 is 1.92 bits per heavy atom. The zero-order valence-corrected chi connectivity index (χ0v) is 20.8. The van der Waals surface area contributed by atoms with Gasteiger partial charge >= 0.3 is 0 Å². The molecule has 2 aliphatic heterocycles. The minimum Gasteiger partial charge on any atom is -0.488 e. The van der Waals surface area contributed by atoms with Gasteiger partial charge in [-0.15, -0.1) is 0 Å². The molecule has 0 saturated carbocycles. The van der Waals surface area contributed by atoms with Crippen LogP contribution in [-0.2, 0) is 6.42 Å². The molecule has 194 valence electrons. The SMILES string of the molecule is C[C@@H]1Cc2c([nH]c3cccnc23)C(c2c(F)cc(OC3CN(CCCF)C3)cc2F)N1CC(C)(C)F. The lowest BCUT2D eigenvalue weighted by Crippen LogP contribution is -2.53. The number of nitrogens with zero attached hydrogens (tertiary/aromatic N) is 3. The third-order valence-corrected chi connectivity index (χ3v) is 7.08. The fourth-order valence-electron chi connectivity index (χ4n) is 5.50. The quantitative estimate of drug-likeness (QED) is 0.420. The summed E-state index contributed by atoms with van der Waals surface area (Å²) in [6.45, 7) is 6.35. The Morgan fingerprint density at radius 1 is 1.19 bits per heavy atom. The lowest BCUT2D eigenvalue weighted by Gasteiger charge is -2.43. The van der Waals surface area contributed by atoms with Crippen LogP contribution in [0.15, 0.2) is 30.5 Å². The van der Waals surface area contributed by atoms with Crippen molar-refractivity contribution in [3.8, 4) is 5.75 Å². The van der Waals surface area contributed by atoms with Crippen molar-refractivity contribution in [2.24, 2.45) is 0 Å². The summed E-state index contributed by atoms with van der Waals surface area (Å²) in [5, 5.41) is 0. The Hall–Kier alpha value is -2.65. The molecule has 2 atom stereocenters. The van der Waals surface area contributed by atoms with Gasteiger partial charge in [0.2, 0.25) is 0 Å². The van der Waals surface area contributed by atoms with Crippen LogP contribution in [-0.4, -0.2) is 70.4 Å². The number of aromatic amines is 1. The molecule has 5 nitrogen and oxygen atoms in total. The van der Waals surface area contributed by atoms with Crippen molar-refractivity contribution < 1.29 is 22.3 Å². The first-order valence-electron chi connectivity index (χ1n) is 12.5. The first kappa shape index (κ1) is 25.0. The molecule has 5 rings (SSSR count). The van der Waals surface area contributed by atoms with Crippen LogP contribution in [0.5, 0.6) is 5.75 Å². The van der Waals surface area contributed by atoms with Gasteiger partial charge in [0.25, 0.3) is 0 Å². The smallest absolute Gasteiger partial charge is 0.135 e. The molecule has 1 aromatic carbocycles. The van der Waals surface area contributed by atoms with Crippen LogP contribution in [0.3, 0.4) is 0 Å². The Labute approximate surface area is 208 Å². The third kappa shape index (κ3) is 4.83. The Kier molecular flexibility index (Phi) is 6.72. The van der Waals surface area contributed by atoms with Crippen molar-refractivity contribution in [2.45, 2.75) is 57.5 Å². The summed E-state index contributed by atoms with van der Waals surface area (Å²) in [6.07, 6.45) is 2.55. The average Bonchev–Trinajstić information content (AvgIpc) is 3.14. The number of halogens is 4. The molecule has 0 amide bonds. The predicted molar refractivity (Wildman–Crippen MR) is 131 cm³/mol. The number of hydrogen-bond donors (Lipinski definition) is 1. The highest BCUT2D eigenvalue weighted by Crippen LogP contribution is 2.43. The number of likely N-dealkylation sites (tertiary alicyclic amines) is 1. The maximum absolute atomic E-state index is 15.7. The molecule has 0 bridgehead atoms. The summed E-state index contributed by atoms with van der Waals surface area (Å²) < 4.78 is 64.4. The van der Waals surface area contributed by atoms with Crippen molar-refractivity contribution in [1.29, 1.82) is 0 Å². The van der Waals surface area contributed by atoms with Gasteiger partial charge in [-0.3, -0.25) is 19.2 Å². The molecule has 2 aromatic heterocycles. The Morgan fingerprint density at radius 3 is 2.58 bits per heavy atom. The molecule has 2 aliphatic rings. The number of ether oxygens (including phenoxy) is 1. The van der Waals surface area contributed by atoms with Crippen molar-refractivity contribution in [3.05, 3.63) is 58.9 Å². The molecule has 1 unspecified atom stereocenters. The number of benzene rings is 1. The van der Waals surface area contributed by atoms with Crippen LogP contribution in [0.1, 0.15) is 50.1 Å². The maximum Gasteiger partial charge on any atom is 0.135 e. The number of nitrogens with one attached hydrogen (secondary N) is 1. The number of fused-ring (bicyclic) bond motifs is 3. The monoisotopic (exact) mass is 504 g/mol. The van der Waals surface area contributed by atoms with E-state index >= 15 is 8.78 Å². The summed E-state index contributed by atoms with van der Waals surface area (Å²) in [7, 11) is 0. The molecule has 1 N–H and O–H groups in total. The molecular weight excluding hydrogens is 472 g/mol. The van der Waals surface area contributed by atoms with Crippen molar-refractivity contribution in [2.75, 3.05) is 32.9 Å². The highest BCUT2D eigenvalue weighted by atomic mass is 19.1. The standard InChI is InChI=1S/C27H32F4N4O/c1-16-10-19-24-22(6-4-8-32-24)33-25(19)26(35(16)15-27(2,3)31)23-20(29)11-17(12-21(23)30)36-18-13-34(14-18)9-5-7-28/h4,6,8,11-12,16,18,26,33H,5,7,9-10,13-15H2,1-3H3/t16-,26?/m1/s1. The predicted octanol–water partition coefficient (Wildman–Crippen LogP) is 5.35. The summed E-state index contributed by atoms with van der Waals surface area (Å²) >= 11 is 0. The summed E-state index contributed by atoms with van der Waals surface area (Å²) in [4.78, 5) is 11.7. The van der Waals surface area contributed by atoms with E-state index in [1.54, 1.807) is 12.3 Å². The second kappa shape index (κ2) is 9.67. The van der Waals surface area contributed by atoms with Gasteiger partial charge in [-0.25, -0.2) is 13.2 Å². The Balaban J connectivity index is 1.50. The van der Waals surface area contributed by atoms with E-state index in [-0.39, 0.29) is 36.7 Å². The van der Waals surface area contributed by atoms with Gasteiger partial charge in [-0.1, -0.05) is 0 Å². The zero-order chi connectivity index (χ0) is 25.6. The highest BCUT2D eigenvalue weighted by Gasteiger charge is 2.41. The molecule has 1 saturated heterocycles. The van der Waals surface area contributed by atoms with E-state index in [0.717, 1.165) is 16.6 Å². The first-order valence-corrected chi connectivity index (χ1v) is 12.5. The van der Waals surface area contributed by atoms with Crippen LogP contribution in [0.4, 0.5) is 17.6 Å². The van der Waals surface area contributed by atoms with Crippen molar-refractivity contribution >= 4 is 11.0 Å². The molecule has 1 fully saturated rings. The van der Waals surface area contributed by atoms with Crippen LogP contribution in [0.25, 0.3) is 11.0 Å². The van der Waals surface area contributed by atoms with E-state index in [4.69, 9.17) is 4.74 Å². The number of hydrogen-bond acceptors (Lipinski definition) is 4. The lowest BCUT2D eigenvalue weighted by molar-refractivity contribution is 0.0179. The van der Waals surface area contributed by atoms with Gasteiger partial charge in [0.1, 0.15) is 29.2 Å². The van der Waals surface area contributed by atoms with Crippen LogP contribution < -0.4 is 4.74 Å². The zero-order valence-electron chi connectivity index (χ0n) is 20.8. The van der Waals surface area contributed by atoms with E-state index in [2.05, 4.69) is 9.97 Å². The maximum atomic E-state index is 15.7. The van der Waals surface area contributed by atoms with Crippen LogP contribution in [0.2, 0.25) is 0 Å². The van der Waals surface area contributed by atoms with Gasteiger partial charge in [0, 0.05) is 67.4 Å². The summed E-state index contributed by atoms with van der Waals surface area (Å²) in [6, 6.07) is 5.09. The minimum atomic E-state index is -1.57. The third-order valence-electron chi connectivity index (χ3n) is 7.08. The van der Waals surface area contributed by atoms with Gasteiger partial charge in [0.05, 0.1) is 23.7 Å². The van der Waals surface area contributed by atoms with E-state index in [1.165, 1.54) is 26.0 Å². The topological polar surface area (TPSA) is 44.4 Å². The molecule has 9 heteroatoms. The fraction of sp³-hybridized carbons (Fsp3) is 0.519. The van der Waals surface area contributed by atoms with Gasteiger partial charge in [0.15, 0.2) is 0 Å². The van der Waals surface area contributed by atoms with Gasteiger partial charge in [-0.2, -0.15) is 0 Å². The number of pyridine rings is 1. The summed E-state index contributed by atoms with van der Waals surface area (Å²) in [5.41, 5.74) is 1.39. The van der Waals surface area contributed by atoms with E-state index < -0.39 is 23.3 Å². The van der Waals surface area contributed by atoms with Crippen molar-refractivity contribution in [1.82, 2.24) is 19.8 Å². The first-order chi connectivity index (χ1) is 17.1.